The van der Waals surface area contributed by atoms with Gasteiger partial charge < -0.3 is 19.3 Å². The number of benzene rings is 1. The summed E-state index contributed by atoms with van der Waals surface area (Å²) >= 11 is 0. The van der Waals surface area contributed by atoms with Crippen LogP contribution in [0.5, 0.6) is 11.5 Å². The summed E-state index contributed by atoms with van der Waals surface area (Å²) in [5, 5.41) is 10.8. The minimum atomic E-state index is -1.04. The normalized spacial score (nSPS) is 15.6. The molecule has 21 heavy (non-hydrogen) atoms. The molecule has 8 nitrogen and oxygen atoms in total. The molecule has 2 rings (SSSR count). The molecule has 112 valence electrons. The number of carboxylic acids is 1. The first kappa shape index (κ1) is 14.6. The van der Waals surface area contributed by atoms with E-state index in [1.165, 1.54) is 6.07 Å². The van der Waals surface area contributed by atoms with Crippen LogP contribution in [-0.4, -0.2) is 42.9 Å². The van der Waals surface area contributed by atoms with Crippen molar-refractivity contribution in [3.8, 4) is 11.5 Å². The fraction of sp³-hybridized carbons (Fsp3) is 0.308. The number of rotatable bonds is 4. The molecule has 1 heterocycles. The van der Waals surface area contributed by atoms with Crippen LogP contribution in [0.1, 0.15) is 5.56 Å². The van der Waals surface area contributed by atoms with Gasteiger partial charge in [-0.05, 0) is 11.6 Å². The second kappa shape index (κ2) is 6.12. The van der Waals surface area contributed by atoms with Gasteiger partial charge in [-0.25, -0.2) is 9.59 Å². The Kier molecular flexibility index (Phi) is 4.27. The van der Waals surface area contributed by atoms with E-state index in [1.54, 1.807) is 12.1 Å². The van der Waals surface area contributed by atoms with Crippen molar-refractivity contribution in [2.45, 2.75) is 12.5 Å². The first-order chi connectivity index (χ1) is 9.99. The zero-order valence-corrected chi connectivity index (χ0v) is 11.1. The number of fused-ring (bicyclic) bond motifs is 1. The van der Waals surface area contributed by atoms with E-state index in [2.05, 4.69) is 4.74 Å². The van der Waals surface area contributed by atoms with E-state index in [4.69, 9.17) is 14.6 Å². The summed E-state index contributed by atoms with van der Waals surface area (Å²) in [6.45, 7) is -0.379. The summed E-state index contributed by atoms with van der Waals surface area (Å²) < 4.78 is 14.7. The monoisotopic (exact) mass is 295 g/mol. The topological polar surface area (TPSA) is 111 Å². The summed E-state index contributed by atoms with van der Waals surface area (Å²) in [5.74, 6) is -0.953. The predicted molar refractivity (Wildman–Crippen MR) is 68.2 cm³/mol. The second-order valence-corrected chi connectivity index (χ2v) is 4.25. The van der Waals surface area contributed by atoms with Crippen LogP contribution in [0.15, 0.2) is 18.2 Å². The molecule has 2 amide bonds. The molecule has 1 aromatic carbocycles. The van der Waals surface area contributed by atoms with Gasteiger partial charge >= 0.3 is 12.1 Å². The van der Waals surface area contributed by atoms with Crippen molar-refractivity contribution in [2.24, 2.45) is 0 Å². The molecule has 8 heteroatoms. The maximum Gasteiger partial charge on any atom is 0.413 e. The zero-order valence-electron chi connectivity index (χ0n) is 11.1. The Balaban J connectivity index is 1.92. The van der Waals surface area contributed by atoms with E-state index in [1.807, 2.05) is 5.32 Å². The lowest BCUT2D eigenvalue weighted by Gasteiger charge is -2.08. The Morgan fingerprint density at radius 1 is 1.43 bits per heavy atom. The quantitative estimate of drug-likeness (QED) is 0.823. The molecule has 1 atom stereocenters. The number of methoxy groups -OCH3 is 1. The Hall–Kier alpha value is -2.77. The van der Waals surface area contributed by atoms with Crippen molar-refractivity contribution in [2.75, 3.05) is 13.7 Å². The number of alkyl carbamates (subject to hydrolysis) is 1. The molecule has 1 unspecified atom stereocenters. The smallest absolute Gasteiger partial charge is 0.413 e. The van der Waals surface area contributed by atoms with Crippen LogP contribution in [0.3, 0.4) is 0 Å². The molecule has 0 saturated heterocycles. The van der Waals surface area contributed by atoms with Crippen LogP contribution >= 0.6 is 0 Å². The number of amides is 2. The number of carbonyl (C=O) groups is 3. The number of hydrogen-bond donors (Lipinski definition) is 2. The molecule has 0 spiro atoms. The van der Waals surface area contributed by atoms with Crippen LogP contribution in [0.4, 0.5) is 4.79 Å². The molecule has 0 radical (unpaired) electrons. The molecule has 1 aromatic rings. The molecule has 0 aliphatic carbocycles. The summed E-state index contributed by atoms with van der Waals surface area (Å²) in [4.78, 5) is 33.0. The number of hydrogen-bond acceptors (Lipinski definition) is 6. The third-order valence-electron chi connectivity index (χ3n) is 2.79. The van der Waals surface area contributed by atoms with Gasteiger partial charge in [0.05, 0.1) is 7.11 Å². The van der Waals surface area contributed by atoms with Crippen molar-refractivity contribution < 1.29 is 33.7 Å². The van der Waals surface area contributed by atoms with E-state index in [0.29, 0.717) is 11.5 Å². The van der Waals surface area contributed by atoms with Crippen molar-refractivity contribution in [1.29, 1.82) is 0 Å². The Labute approximate surface area is 119 Å². The Morgan fingerprint density at radius 2 is 2.19 bits per heavy atom. The van der Waals surface area contributed by atoms with Crippen molar-refractivity contribution >= 4 is 18.0 Å². The zero-order chi connectivity index (χ0) is 15.4. The summed E-state index contributed by atoms with van der Waals surface area (Å²) in [5.41, 5.74) is 0.758. The third-order valence-corrected chi connectivity index (χ3v) is 2.79. The molecule has 2 N–H and O–H groups in total. The lowest BCUT2D eigenvalue weighted by Crippen LogP contribution is -2.34. The molecular weight excluding hydrogens is 282 g/mol. The highest BCUT2D eigenvalue weighted by Gasteiger charge is 2.29. The largest absolute Gasteiger partial charge is 0.484 e. The second-order valence-electron chi connectivity index (χ2n) is 4.25. The van der Waals surface area contributed by atoms with E-state index in [-0.39, 0.29) is 13.0 Å². The predicted octanol–water partition coefficient (Wildman–Crippen LogP) is 0.336. The Bertz CT molecular complexity index is 584. The van der Waals surface area contributed by atoms with E-state index >= 15 is 0 Å². The molecule has 0 bridgehead atoms. The average Bonchev–Trinajstić information content (AvgIpc) is 2.88. The first-order valence-corrected chi connectivity index (χ1v) is 6.02. The van der Waals surface area contributed by atoms with Gasteiger partial charge in [0.1, 0.15) is 11.5 Å². The highest BCUT2D eigenvalue weighted by Crippen LogP contribution is 2.32. The number of carbonyl (C=O) groups excluding carboxylic acids is 2. The molecule has 0 aromatic heterocycles. The lowest BCUT2D eigenvalue weighted by atomic mass is 10.1. The lowest BCUT2D eigenvalue weighted by molar-refractivity contribution is -0.144. The average molecular weight is 295 g/mol. The molecule has 1 aliphatic rings. The number of aliphatic carboxylic acids is 1. The summed E-state index contributed by atoms with van der Waals surface area (Å²) in [7, 11) is 1.14. The van der Waals surface area contributed by atoms with E-state index < -0.39 is 24.1 Å². The van der Waals surface area contributed by atoms with Gasteiger partial charge in [0.25, 0.3) is 5.91 Å². The molecule has 0 fully saturated rings. The fourth-order valence-electron chi connectivity index (χ4n) is 1.79. The summed E-state index contributed by atoms with van der Waals surface area (Å²) in [6.07, 6.45) is -1.49. The van der Waals surface area contributed by atoms with Gasteiger partial charge in [0.2, 0.25) is 0 Å². The molecular formula is C13H13NO7. The van der Waals surface area contributed by atoms with Gasteiger partial charge in [-0.1, -0.05) is 6.07 Å². The van der Waals surface area contributed by atoms with Crippen molar-refractivity contribution in [1.82, 2.24) is 5.32 Å². The SMILES string of the molecule is COC(=O)NC(=O)COc1ccc2c(c1)OC(C(=O)O)C2. The van der Waals surface area contributed by atoms with Crippen LogP contribution in [0.25, 0.3) is 0 Å². The Morgan fingerprint density at radius 3 is 2.86 bits per heavy atom. The van der Waals surface area contributed by atoms with E-state index in [9.17, 15) is 14.4 Å². The number of carboxylic acid groups (broad SMARTS) is 1. The summed E-state index contributed by atoms with van der Waals surface area (Å²) in [6, 6.07) is 4.77. The van der Waals surface area contributed by atoms with Crippen molar-refractivity contribution in [3.05, 3.63) is 23.8 Å². The van der Waals surface area contributed by atoms with E-state index in [0.717, 1.165) is 12.7 Å². The van der Waals surface area contributed by atoms with Gasteiger partial charge in [-0.2, -0.15) is 0 Å². The highest BCUT2D eigenvalue weighted by atomic mass is 16.5. The minimum absolute atomic E-state index is 0.285. The van der Waals surface area contributed by atoms with Crippen LogP contribution in [0, 0.1) is 0 Å². The molecule has 0 saturated carbocycles. The van der Waals surface area contributed by atoms with Gasteiger partial charge in [-0.3, -0.25) is 10.1 Å². The third kappa shape index (κ3) is 3.62. The minimum Gasteiger partial charge on any atom is -0.484 e. The van der Waals surface area contributed by atoms with Crippen molar-refractivity contribution in [3.63, 3.8) is 0 Å². The fourth-order valence-corrected chi connectivity index (χ4v) is 1.79. The van der Waals surface area contributed by atoms with Gasteiger partial charge in [0.15, 0.2) is 12.7 Å². The maximum absolute atomic E-state index is 11.3. The van der Waals surface area contributed by atoms with Crippen LogP contribution < -0.4 is 14.8 Å². The number of imide groups is 1. The first-order valence-electron chi connectivity index (χ1n) is 6.02. The van der Waals surface area contributed by atoms with Crippen LogP contribution in [-0.2, 0) is 20.7 Å². The highest BCUT2D eigenvalue weighted by molar-refractivity contribution is 5.92. The number of nitrogens with one attached hydrogen (secondary N) is 1. The molecule has 1 aliphatic heterocycles. The maximum atomic E-state index is 11.3. The standard InChI is InChI=1S/C13H13NO7/c1-19-13(18)14-11(15)6-20-8-3-2-7-4-10(12(16)17)21-9(7)5-8/h2-3,5,10H,4,6H2,1H3,(H,16,17)(H,14,15,18). The van der Waals surface area contributed by atoms with Gasteiger partial charge in [-0.15, -0.1) is 0 Å². The van der Waals surface area contributed by atoms with Gasteiger partial charge in [0, 0.05) is 12.5 Å². The van der Waals surface area contributed by atoms with Crippen LogP contribution in [0.2, 0.25) is 0 Å². The number of ether oxygens (including phenoxy) is 3.